The molecule has 3 N–H and O–H groups in total. The number of rotatable bonds is 5. The van der Waals surface area contributed by atoms with Gasteiger partial charge in [0.15, 0.2) is 0 Å². The van der Waals surface area contributed by atoms with Crippen LogP contribution in [-0.4, -0.2) is 64.6 Å². The fourth-order valence-corrected chi connectivity index (χ4v) is 5.94. The highest BCUT2D eigenvalue weighted by molar-refractivity contribution is 6.09. The van der Waals surface area contributed by atoms with Crippen LogP contribution in [0.25, 0.3) is 23.1 Å². The molecule has 7 rings (SSSR count). The average Bonchev–Trinajstić information content (AvgIpc) is 3.52. The number of aromatic amines is 1. The molecule has 2 fully saturated rings. The van der Waals surface area contributed by atoms with Crippen molar-refractivity contribution in [3.8, 4) is 0 Å². The number of carboxylic acid groups (broad SMARTS) is 1. The molecule has 2 aliphatic heterocycles. The molecule has 2 atom stereocenters. The van der Waals surface area contributed by atoms with E-state index in [1.165, 1.54) is 16.7 Å². The third-order valence-electron chi connectivity index (χ3n) is 8.18. The summed E-state index contributed by atoms with van der Waals surface area (Å²) in [5, 5.41) is 19.1. The zero-order valence-electron chi connectivity index (χ0n) is 23.0. The van der Waals surface area contributed by atoms with Crippen molar-refractivity contribution < 1.29 is 32.6 Å². The monoisotopic (exact) mass is 590 g/mol. The molecule has 222 valence electrons. The van der Waals surface area contributed by atoms with E-state index in [0.29, 0.717) is 0 Å². The second kappa shape index (κ2) is 11.3. The Kier molecular flexibility index (Phi) is 7.53. The lowest BCUT2D eigenvalue weighted by molar-refractivity contribution is -0.192. The van der Waals surface area contributed by atoms with Crippen molar-refractivity contribution in [1.29, 1.82) is 0 Å². The van der Waals surface area contributed by atoms with Crippen LogP contribution in [0, 0.1) is 0 Å². The summed E-state index contributed by atoms with van der Waals surface area (Å²) < 4.78 is 37.2. The molecule has 0 unspecified atom stereocenters. The topological polar surface area (TPSA) is 108 Å². The highest BCUT2D eigenvalue weighted by Crippen LogP contribution is 2.65. The Morgan fingerprint density at radius 3 is 2.60 bits per heavy atom. The van der Waals surface area contributed by atoms with Gasteiger partial charge in [-0.15, -0.1) is 0 Å². The third kappa shape index (κ3) is 5.78. The second-order valence-corrected chi connectivity index (χ2v) is 10.9. The van der Waals surface area contributed by atoms with Crippen LogP contribution >= 0.6 is 0 Å². The molecule has 1 aliphatic carbocycles. The number of nitrogens with zero attached hydrogens (tertiary/aromatic N) is 2. The van der Waals surface area contributed by atoms with E-state index in [1.54, 1.807) is 0 Å². The van der Waals surface area contributed by atoms with Gasteiger partial charge in [0.05, 0.1) is 29.8 Å². The number of fused-ring (bicyclic) bond motifs is 3. The summed E-state index contributed by atoms with van der Waals surface area (Å²) in [5.74, 6) is -2.44. The molecule has 1 saturated heterocycles. The van der Waals surface area contributed by atoms with Gasteiger partial charge in [-0.25, -0.2) is 4.79 Å². The maximum Gasteiger partial charge on any atom is 0.490 e. The number of ether oxygens (including phenoxy) is 1. The number of carbonyl (C=O) groups is 2. The second-order valence-electron chi connectivity index (χ2n) is 10.9. The molecule has 1 aromatic heterocycles. The van der Waals surface area contributed by atoms with E-state index in [2.05, 4.69) is 81.1 Å². The molecule has 43 heavy (non-hydrogen) atoms. The predicted octanol–water partition coefficient (Wildman–Crippen LogP) is 5.58. The minimum Gasteiger partial charge on any atom is -0.475 e. The highest BCUT2D eigenvalue weighted by atomic mass is 19.4. The number of alkyl halides is 3. The van der Waals surface area contributed by atoms with E-state index in [0.717, 1.165) is 67.1 Å². The first-order valence-electron chi connectivity index (χ1n) is 13.9. The number of H-pyrrole nitrogens is 1. The van der Waals surface area contributed by atoms with Crippen LogP contribution in [0.2, 0.25) is 0 Å². The van der Waals surface area contributed by atoms with Gasteiger partial charge in [-0.2, -0.15) is 18.3 Å². The number of aliphatic carboxylic acids is 1. The van der Waals surface area contributed by atoms with Gasteiger partial charge in [0.2, 0.25) is 5.91 Å². The first-order valence-corrected chi connectivity index (χ1v) is 13.9. The standard InChI is InChI=1S/C30H28N4O2.C2HF3O2/c35-29-30(24-6-1-2-7-27(24)31-29)18-25(30)22-9-10-23-26(32-33-28(23)17-22)11-8-20-4-3-5-21(16-20)19-34-12-14-36-15-13-34;3-2(4,5)1(6)7/h1-11,16-17,25H,12-15,18-19H2,(H,31,35)(H,32,33);(H,6,7)/t25-,30-;/m0./s1. The van der Waals surface area contributed by atoms with E-state index in [-0.39, 0.29) is 11.8 Å². The summed E-state index contributed by atoms with van der Waals surface area (Å²) in [6, 6.07) is 23.2. The first-order chi connectivity index (χ1) is 20.6. The van der Waals surface area contributed by atoms with Gasteiger partial charge in [-0.3, -0.25) is 14.8 Å². The Hall–Kier alpha value is -4.48. The zero-order valence-corrected chi connectivity index (χ0v) is 23.0. The minimum atomic E-state index is -5.08. The van der Waals surface area contributed by atoms with Crippen LogP contribution < -0.4 is 5.32 Å². The average molecular weight is 591 g/mol. The van der Waals surface area contributed by atoms with Crippen LogP contribution in [0.4, 0.5) is 18.9 Å². The Bertz CT molecular complexity index is 1710. The normalized spacial score (nSPS) is 21.5. The summed E-state index contributed by atoms with van der Waals surface area (Å²) in [7, 11) is 0. The van der Waals surface area contributed by atoms with E-state index in [4.69, 9.17) is 14.6 Å². The van der Waals surface area contributed by atoms with Crippen LogP contribution in [-0.2, 0) is 26.3 Å². The summed E-state index contributed by atoms with van der Waals surface area (Å²) >= 11 is 0. The SMILES string of the molecule is O=C(O)C(F)(F)F.O=C1Nc2ccccc2[C@]12C[C@H]2c1ccc2c(C=Cc3cccc(CN4CCOCC4)c3)n[nH]c2c1. The number of carbonyl (C=O) groups excluding carboxylic acids is 1. The van der Waals surface area contributed by atoms with Gasteiger partial charge in [0.1, 0.15) is 0 Å². The molecule has 3 heterocycles. The van der Waals surface area contributed by atoms with Gasteiger partial charge in [-0.05, 0) is 46.9 Å². The summed E-state index contributed by atoms with van der Waals surface area (Å²) in [6.45, 7) is 4.55. The van der Waals surface area contributed by atoms with Crippen molar-refractivity contribution >= 4 is 40.6 Å². The quantitative estimate of drug-likeness (QED) is 0.280. The van der Waals surface area contributed by atoms with Crippen molar-refractivity contribution in [2.24, 2.45) is 0 Å². The summed E-state index contributed by atoms with van der Waals surface area (Å²) in [6.07, 6.45) is -0.0311. The Labute approximate surface area is 245 Å². The van der Waals surface area contributed by atoms with Crippen LogP contribution in [0.1, 0.15) is 40.3 Å². The fourth-order valence-electron chi connectivity index (χ4n) is 5.94. The predicted molar refractivity (Wildman–Crippen MR) is 155 cm³/mol. The van der Waals surface area contributed by atoms with Gasteiger partial charge in [0.25, 0.3) is 0 Å². The smallest absolute Gasteiger partial charge is 0.475 e. The van der Waals surface area contributed by atoms with Crippen molar-refractivity contribution in [2.75, 3.05) is 31.6 Å². The van der Waals surface area contributed by atoms with Gasteiger partial charge in [0, 0.05) is 36.6 Å². The molecule has 1 amide bonds. The molecule has 0 radical (unpaired) electrons. The maximum atomic E-state index is 12.9. The number of hydrogen-bond acceptors (Lipinski definition) is 5. The van der Waals surface area contributed by atoms with Crippen LogP contribution in [0.3, 0.4) is 0 Å². The molecule has 11 heteroatoms. The van der Waals surface area contributed by atoms with E-state index >= 15 is 0 Å². The van der Waals surface area contributed by atoms with Crippen LogP contribution in [0.15, 0.2) is 66.7 Å². The summed E-state index contributed by atoms with van der Waals surface area (Å²) in [4.78, 5) is 24.2. The van der Waals surface area contributed by atoms with Crippen molar-refractivity contribution in [3.63, 3.8) is 0 Å². The maximum absolute atomic E-state index is 12.9. The van der Waals surface area contributed by atoms with Crippen molar-refractivity contribution in [1.82, 2.24) is 15.1 Å². The number of halogens is 3. The van der Waals surface area contributed by atoms with E-state index < -0.39 is 17.6 Å². The molecule has 1 saturated carbocycles. The molecule has 0 bridgehead atoms. The lowest BCUT2D eigenvalue weighted by Gasteiger charge is -2.26. The largest absolute Gasteiger partial charge is 0.490 e. The lowest BCUT2D eigenvalue weighted by Crippen LogP contribution is -2.35. The fraction of sp³-hybridized carbons (Fsp3) is 0.281. The number of morpholine rings is 1. The third-order valence-corrected chi connectivity index (χ3v) is 8.18. The number of benzene rings is 3. The number of para-hydroxylation sites is 1. The number of nitrogens with one attached hydrogen (secondary N) is 2. The number of amides is 1. The number of hydrogen-bond donors (Lipinski definition) is 3. The number of carboxylic acids is 1. The molecule has 4 aromatic rings. The van der Waals surface area contributed by atoms with Crippen molar-refractivity contribution in [3.05, 3.63) is 94.7 Å². The minimum absolute atomic E-state index is 0.123. The Morgan fingerprint density at radius 1 is 1.07 bits per heavy atom. The molecule has 1 spiro atoms. The Morgan fingerprint density at radius 2 is 1.84 bits per heavy atom. The highest BCUT2D eigenvalue weighted by Gasteiger charge is 2.65. The molecular weight excluding hydrogens is 561 g/mol. The number of aromatic nitrogens is 2. The van der Waals surface area contributed by atoms with E-state index in [1.807, 2.05) is 18.2 Å². The van der Waals surface area contributed by atoms with Crippen molar-refractivity contribution in [2.45, 2.75) is 30.5 Å². The van der Waals surface area contributed by atoms with Gasteiger partial charge < -0.3 is 15.2 Å². The number of anilines is 1. The zero-order chi connectivity index (χ0) is 30.2. The molecular formula is C32H29F3N4O4. The molecule has 8 nitrogen and oxygen atoms in total. The van der Waals surface area contributed by atoms with E-state index in [9.17, 15) is 18.0 Å². The van der Waals surface area contributed by atoms with Crippen LogP contribution in [0.5, 0.6) is 0 Å². The van der Waals surface area contributed by atoms with Gasteiger partial charge >= 0.3 is 12.1 Å². The molecule has 3 aliphatic rings. The first kappa shape index (κ1) is 28.6. The Balaban J connectivity index is 0.000000423. The lowest BCUT2D eigenvalue weighted by atomic mass is 9.92. The summed E-state index contributed by atoms with van der Waals surface area (Å²) in [5.41, 5.74) is 7.25. The van der Waals surface area contributed by atoms with Gasteiger partial charge in [-0.1, -0.05) is 60.7 Å². The molecule has 3 aromatic carbocycles.